The summed E-state index contributed by atoms with van der Waals surface area (Å²) >= 11 is 0. The van der Waals surface area contributed by atoms with Crippen LogP contribution in [0.2, 0.25) is 0 Å². The Hall–Kier alpha value is -2.43. The summed E-state index contributed by atoms with van der Waals surface area (Å²) in [5.74, 6) is -0.0969. The van der Waals surface area contributed by atoms with E-state index in [-0.39, 0.29) is 23.5 Å². The summed E-state index contributed by atoms with van der Waals surface area (Å²) < 4.78 is 19.4. The number of aromatic nitrogens is 1. The van der Waals surface area contributed by atoms with Crippen LogP contribution in [0.4, 0.5) is 4.39 Å². The fourth-order valence-electron chi connectivity index (χ4n) is 4.10. The van der Waals surface area contributed by atoms with Gasteiger partial charge in [-0.05, 0) is 30.5 Å². The molecule has 130 valence electrons. The van der Waals surface area contributed by atoms with E-state index in [0.29, 0.717) is 13.0 Å². The second kappa shape index (κ2) is 6.47. The quantitative estimate of drug-likeness (QED) is 0.927. The van der Waals surface area contributed by atoms with Crippen molar-refractivity contribution in [3.05, 3.63) is 59.7 Å². The molecule has 25 heavy (non-hydrogen) atoms. The number of para-hydroxylation sites is 1. The van der Waals surface area contributed by atoms with Crippen LogP contribution in [0.5, 0.6) is 5.75 Å². The summed E-state index contributed by atoms with van der Waals surface area (Å²) in [6, 6.07) is 8.51. The summed E-state index contributed by atoms with van der Waals surface area (Å²) in [4.78, 5) is 17.5. The third kappa shape index (κ3) is 2.77. The van der Waals surface area contributed by atoms with E-state index in [1.165, 1.54) is 6.07 Å². The van der Waals surface area contributed by atoms with E-state index in [0.717, 1.165) is 36.8 Å². The first-order valence-electron chi connectivity index (χ1n) is 8.83. The molecule has 2 aromatic rings. The Morgan fingerprint density at radius 2 is 2.08 bits per heavy atom. The van der Waals surface area contributed by atoms with Crippen molar-refractivity contribution in [2.75, 3.05) is 6.61 Å². The molecule has 2 heterocycles. The maximum Gasteiger partial charge on any atom is 0.231 e. The number of pyridine rings is 1. The van der Waals surface area contributed by atoms with Gasteiger partial charge in [0.2, 0.25) is 5.91 Å². The summed E-state index contributed by atoms with van der Waals surface area (Å²) in [6.45, 7) is 0.402. The van der Waals surface area contributed by atoms with Gasteiger partial charge in [-0.2, -0.15) is 0 Å². The lowest BCUT2D eigenvalue weighted by Crippen LogP contribution is -2.45. The molecule has 0 spiro atoms. The molecule has 0 saturated heterocycles. The molecule has 2 aliphatic rings. The third-order valence-corrected chi connectivity index (χ3v) is 5.44. The number of ether oxygens (including phenoxy) is 1. The number of fused-ring (bicyclic) bond motifs is 1. The van der Waals surface area contributed by atoms with Gasteiger partial charge in [0, 0.05) is 24.4 Å². The van der Waals surface area contributed by atoms with E-state index in [1.54, 1.807) is 18.5 Å². The fourth-order valence-corrected chi connectivity index (χ4v) is 4.10. The second-order valence-electron chi connectivity index (χ2n) is 6.85. The molecule has 1 aliphatic heterocycles. The molecule has 1 atom stereocenters. The fraction of sp³-hybridized carbons (Fsp3) is 0.400. The molecule has 0 unspecified atom stereocenters. The van der Waals surface area contributed by atoms with E-state index in [1.807, 2.05) is 18.2 Å². The molecule has 0 bridgehead atoms. The van der Waals surface area contributed by atoms with Gasteiger partial charge >= 0.3 is 0 Å². The Kier molecular flexibility index (Phi) is 4.15. The Bertz CT molecular complexity index is 773. The van der Waals surface area contributed by atoms with Crippen LogP contribution < -0.4 is 10.1 Å². The van der Waals surface area contributed by atoms with Gasteiger partial charge in [-0.3, -0.25) is 9.78 Å². The summed E-state index contributed by atoms with van der Waals surface area (Å²) in [6.07, 6.45) is 7.87. The van der Waals surface area contributed by atoms with Crippen LogP contribution in [0, 0.1) is 5.82 Å². The lowest BCUT2D eigenvalue weighted by molar-refractivity contribution is -0.127. The van der Waals surface area contributed by atoms with Crippen molar-refractivity contribution in [1.29, 1.82) is 0 Å². The van der Waals surface area contributed by atoms with E-state index < -0.39 is 5.41 Å². The van der Waals surface area contributed by atoms with Crippen molar-refractivity contribution >= 4 is 5.91 Å². The van der Waals surface area contributed by atoms with Gasteiger partial charge in [-0.15, -0.1) is 0 Å². The van der Waals surface area contributed by atoms with E-state index in [9.17, 15) is 9.18 Å². The maximum absolute atomic E-state index is 14.0. The van der Waals surface area contributed by atoms with Gasteiger partial charge < -0.3 is 10.1 Å². The number of carbonyl (C=O) groups is 1. The van der Waals surface area contributed by atoms with Crippen LogP contribution in [0.1, 0.15) is 49.3 Å². The summed E-state index contributed by atoms with van der Waals surface area (Å²) in [7, 11) is 0. The average Bonchev–Trinajstić information content (AvgIpc) is 3.15. The zero-order valence-corrected chi connectivity index (χ0v) is 14.0. The largest absolute Gasteiger partial charge is 0.490 e. The van der Waals surface area contributed by atoms with E-state index >= 15 is 0 Å². The molecule has 1 aromatic heterocycles. The molecule has 0 radical (unpaired) electrons. The highest BCUT2D eigenvalue weighted by Crippen LogP contribution is 2.42. The van der Waals surface area contributed by atoms with Crippen molar-refractivity contribution in [2.24, 2.45) is 0 Å². The smallest absolute Gasteiger partial charge is 0.231 e. The van der Waals surface area contributed by atoms with Gasteiger partial charge in [0.05, 0.1) is 18.1 Å². The minimum Gasteiger partial charge on any atom is -0.490 e. The highest BCUT2D eigenvalue weighted by atomic mass is 19.1. The predicted octanol–water partition coefficient (Wildman–Crippen LogP) is 3.67. The van der Waals surface area contributed by atoms with Gasteiger partial charge in [-0.1, -0.05) is 31.0 Å². The monoisotopic (exact) mass is 340 g/mol. The number of nitrogens with one attached hydrogen (secondary N) is 1. The van der Waals surface area contributed by atoms with Gasteiger partial charge in [0.25, 0.3) is 0 Å². The summed E-state index contributed by atoms with van der Waals surface area (Å²) in [5, 5.41) is 3.17. The predicted molar refractivity (Wildman–Crippen MR) is 91.8 cm³/mol. The van der Waals surface area contributed by atoms with Crippen molar-refractivity contribution in [2.45, 2.75) is 43.6 Å². The highest BCUT2D eigenvalue weighted by molar-refractivity contribution is 5.89. The highest BCUT2D eigenvalue weighted by Gasteiger charge is 2.44. The molecule has 1 aromatic carbocycles. The van der Waals surface area contributed by atoms with Crippen LogP contribution in [-0.4, -0.2) is 17.5 Å². The zero-order valence-electron chi connectivity index (χ0n) is 14.0. The lowest BCUT2D eigenvalue weighted by atomic mass is 9.78. The number of benzene rings is 1. The van der Waals surface area contributed by atoms with Gasteiger partial charge in [0.15, 0.2) is 11.6 Å². The molecule has 1 fully saturated rings. The number of rotatable bonds is 3. The number of amides is 1. The molecule has 1 amide bonds. The van der Waals surface area contributed by atoms with Gasteiger partial charge in [-0.25, -0.2) is 4.39 Å². The van der Waals surface area contributed by atoms with Gasteiger partial charge in [0.1, 0.15) is 0 Å². The minimum atomic E-state index is -0.528. The topological polar surface area (TPSA) is 51.2 Å². The average molecular weight is 340 g/mol. The Morgan fingerprint density at radius 3 is 2.84 bits per heavy atom. The number of halogens is 1. The molecule has 1 saturated carbocycles. The number of nitrogens with zero attached hydrogens (tertiary/aromatic N) is 1. The molecule has 4 nitrogen and oxygen atoms in total. The zero-order chi connectivity index (χ0) is 17.3. The van der Waals surface area contributed by atoms with Crippen molar-refractivity contribution in [3.8, 4) is 5.75 Å². The summed E-state index contributed by atoms with van der Waals surface area (Å²) in [5.41, 5.74) is 1.16. The number of hydrogen-bond donors (Lipinski definition) is 1. The van der Waals surface area contributed by atoms with Crippen molar-refractivity contribution in [1.82, 2.24) is 10.3 Å². The van der Waals surface area contributed by atoms with Crippen LogP contribution in [0.3, 0.4) is 0 Å². The Balaban J connectivity index is 1.63. The number of hydrogen-bond acceptors (Lipinski definition) is 3. The molecule has 4 rings (SSSR count). The molecular weight excluding hydrogens is 319 g/mol. The van der Waals surface area contributed by atoms with Crippen molar-refractivity contribution < 1.29 is 13.9 Å². The lowest BCUT2D eigenvalue weighted by Gasteiger charge is -2.33. The molecule has 5 heteroatoms. The standard InChI is InChI=1S/C20H21FN2O2/c21-16-7-3-6-15-17(8-12-25-18(15)16)23-19(24)20(9-1-2-10-20)14-5-4-11-22-13-14/h3-7,11,13,17H,1-2,8-10,12H2,(H,23,24)/t17-/m0/s1. The minimum absolute atomic E-state index is 0.0140. The van der Waals surface area contributed by atoms with Crippen LogP contribution in [0.15, 0.2) is 42.7 Å². The SMILES string of the molecule is O=C(N[C@H]1CCOc2c(F)cccc21)C1(c2cccnc2)CCCC1. The Labute approximate surface area is 146 Å². The van der Waals surface area contributed by atoms with Crippen LogP contribution >= 0.6 is 0 Å². The first kappa shape index (κ1) is 16.1. The van der Waals surface area contributed by atoms with Crippen LogP contribution in [0.25, 0.3) is 0 Å². The number of carbonyl (C=O) groups excluding carboxylic acids is 1. The van der Waals surface area contributed by atoms with Crippen molar-refractivity contribution in [3.63, 3.8) is 0 Å². The third-order valence-electron chi connectivity index (χ3n) is 5.44. The second-order valence-corrected chi connectivity index (χ2v) is 6.85. The first-order valence-corrected chi connectivity index (χ1v) is 8.83. The Morgan fingerprint density at radius 1 is 1.24 bits per heavy atom. The molecular formula is C20H21FN2O2. The molecule has 1 aliphatic carbocycles. The van der Waals surface area contributed by atoms with E-state index in [4.69, 9.17) is 4.74 Å². The van der Waals surface area contributed by atoms with Crippen LogP contribution in [-0.2, 0) is 10.2 Å². The molecule has 1 N–H and O–H groups in total. The van der Waals surface area contributed by atoms with E-state index in [2.05, 4.69) is 10.3 Å². The first-order chi connectivity index (χ1) is 12.2. The normalized spacial score (nSPS) is 21.2. The maximum atomic E-state index is 14.0.